The van der Waals surface area contributed by atoms with Crippen molar-refractivity contribution in [1.82, 2.24) is 15.5 Å². The van der Waals surface area contributed by atoms with Gasteiger partial charge in [-0.2, -0.15) is 12.6 Å². The number of nitrogens with one attached hydrogen (secondary N) is 2. The smallest absolute Gasteiger partial charge is 0.408 e. The lowest BCUT2D eigenvalue weighted by atomic mass is 10.0. The second-order valence-corrected chi connectivity index (χ2v) is 9.10. The Bertz CT molecular complexity index is 1040. The number of alkyl carbamates (subject to hydrolysis) is 1. The fraction of sp³-hybridized carbons (Fsp3) is 0.346. The molecular weight excluding hydrogens is 450 g/mol. The van der Waals surface area contributed by atoms with Crippen LogP contribution < -0.4 is 10.6 Å². The van der Waals surface area contributed by atoms with E-state index in [0.29, 0.717) is 5.56 Å². The van der Waals surface area contributed by atoms with Gasteiger partial charge in [-0.15, -0.1) is 0 Å². The SMILES string of the molecule is C#CN(C(=O)C(CS)NC(=O)OC(C)(C)C)C(C(=O)NCc1ccccc1)c1cccc(C)c1. The van der Waals surface area contributed by atoms with E-state index in [4.69, 9.17) is 11.2 Å². The summed E-state index contributed by atoms with van der Waals surface area (Å²) in [6.07, 6.45) is 4.95. The predicted molar refractivity (Wildman–Crippen MR) is 135 cm³/mol. The quantitative estimate of drug-likeness (QED) is 0.305. The van der Waals surface area contributed by atoms with Crippen molar-refractivity contribution in [2.75, 3.05) is 5.75 Å². The van der Waals surface area contributed by atoms with Crippen molar-refractivity contribution in [1.29, 1.82) is 0 Å². The molecule has 0 aromatic heterocycles. The van der Waals surface area contributed by atoms with Crippen molar-refractivity contribution in [3.05, 3.63) is 71.3 Å². The third kappa shape index (κ3) is 7.85. The topological polar surface area (TPSA) is 87.7 Å². The standard InChI is InChI=1S/C26H31N3O4S/c1-6-29(24(31)21(17-34)28-25(32)33-26(3,4)5)22(20-14-10-11-18(2)15-20)23(30)27-16-19-12-8-7-9-13-19/h1,7-15,21-22,34H,16-17H2,2-5H3,(H,27,30)(H,28,32). The van der Waals surface area contributed by atoms with Crippen molar-refractivity contribution in [2.45, 2.75) is 51.9 Å². The molecule has 7 nitrogen and oxygen atoms in total. The van der Waals surface area contributed by atoms with Crippen LogP contribution in [0.3, 0.4) is 0 Å². The number of amides is 3. The zero-order chi connectivity index (χ0) is 25.3. The van der Waals surface area contributed by atoms with E-state index in [0.717, 1.165) is 16.0 Å². The van der Waals surface area contributed by atoms with Gasteiger partial charge in [-0.05, 0) is 38.8 Å². The molecule has 0 spiro atoms. The molecule has 0 heterocycles. The third-order valence-electron chi connectivity index (χ3n) is 4.72. The summed E-state index contributed by atoms with van der Waals surface area (Å²) in [4.78, 5) is 39.9. The minimum absolute atomic E-state index is 0.0393. The number of nitrogens with zero attached hydrogens (tertiary/aromatic N) is 1. The van der Waals surface area contributed by atoms with Crippen LogP contribution in [0.25, 0.3) is 0 Å². The Balaban J connectivity index is 2.32. The third-order valence-corrected chi connectivity index (χ3v) is 5.09. The van der Waals surface area contributed by atoms with Gasteiger partial charge in [0, 0.05) is 18.3 Å². The molecule has 0 saturated carbocycles. The molecule has 0 saturated heterocycles. The molecular formula is C26H31N3O4S. The number of carbonyl (C=O) groups is 3. The minimum atomic E-state index is -1.11. The van der Waals surface area contributed by atoms with Gasteiger partial charge in [0.15, 0.2) is 0 Å². The minimum Gasteiger partial charge on any atom is -0.444 e. The Hall–Kier alpha value is -3.44. The van der Waals surface area contributed by atoms with Crippen LogP contribution in [0.5, 0.6) is 0 Å². The first-order valence-electron chi connectivity index (χ1n) is 10.8. The van der Waals surface area contributed by atoms with Crippen molar-refractivity contribution in [3.8, 4) is 12.5 Å². The number of terminal acetylenes is 1. The summed E-state index contributed by atoms with van der Waals surface area (Å²) in [6.45, 7) is 7.28. The van der Waals surface area contributed by atoms with Crippen LogP contribution in [-0.4, -0.2) is 40.2 Å². The van der Waals surface area contributed by atoms with Crippen LogP contribution in [0, 0.1) is 19.4 Å². The number of carbonyl (C=O) groups excluding carboxylic acids is 3. The van der Waals surface area contributed by atoms with Gasteiger partial charge in [-0.1, -0.05) is 66.6 Å². The molecule has 2 aromatic rings. The van der Waals surface area contributed by atoms with Crippen LogP contribution in [0.1, 0.15) is 43.5 Å². The average molecular weight is 482 g/mol. The Labute approximate surface area is 206 Å². The zero-order valence-electron chi connectivity index (χ0n) is 19.9. The molecule has 0 radical (unpaired) electrons. The Morgan fingerprint density at radius 3 is 2.35 bits per heavy atom. The maximum Gasteiger partial charge on any atom is 0.408 e. The van der Waals surface area contributed by atoms with E-state index in [2.05, 4.69) is 29.3 Å². The van der Waals surface area contributed by atoms with E-state index in [1.54, 1.807) is 39.0 Å². The molecule has 34 heavy (non-hydrogen) atoms. The van der Waals surface area contributed by atoms with Gasteiger partial charge in [-0.25, -0.2) is 4.79 Å². The molecule has 0 aliphatic heterocycles. The lowest BCUT2D eigenvalue weighted by Crippen LogP contribution is -2.52. The molecule has 2 N–H and O–H groups in total. The molecule has 3 amide bonds. The van der Waals surface area contributed by atoms with E-state index in [1.165, 1.54) is 0 Å². The summed E-state index contributed by atoms with van der Waals surface area (Å²) in [5, 5.41) is 5.35. The van der Waals surface area contributed by atoms with E-state index in [1.807, 2.05) is 43.3 Å². The Morgan fingerprint density at radius 1 is 1.12 bits per heavy atom. The zero-order valence-corrected chi connectivity index (χ0v) is 20.8. The fourth-order valence-corrected chi connectivity index (χ4v) is 3.46. The normalized spacial score (nSPS) is 12.6. The summed E-state index contributed by atoms with van der Waals surface area (Å²) in [5.74, 6) is -1.14. The highest BCUT2D eigenvalue weighted by molar-refractivity contribution is 7.80. The molecule has 0 aliphatic carbocycles. The van der Waals surface area contributed by atoms with Gasteiger partial charge in [-0.3, -0.25) is 14.5 Å². The van der Waals surface area contributed by atoms with E-state index >= 15 is 0 Å². The second-order valence-electron chi connectivity index (χ2n) is 8.74. The number of rotatable bonds is 8. The lowest BCUT2D eigenvalue weighted by Gasteiger charge is -2.30. The van der Waals surface area contributed by atoms with Gasteiger partial charge < -0.3 is 15.4 Å². The van der Waals surface area contributed by atoms with Crippen molar-refractivity contribution >= 4 is 30.5 Å². The molecule has 8 heteroatoms. The van der Waals surface area contributed by atoms with Crippen LogP contribution in [0.15, 0.2) is 54.6 Å². The van der Waals surface area contributed by atoms with E-state index < -0.39 is 35.6 Å². The number of aryl methyl sites for hydroxylation is 1. The maximum absolute atomic E-state index is 13.4. The molecule has 2 atom stereocenters. The van der Waals surface area contributed by atoms with Gasteiger partial charge >= 0.3 is 6.09 Å². The molecule has 2 rings (SSSR count). The van der Waals surface area contributed by atoms with Crippen LogP contribution >= 0.6 is 12.6 Å². The summed E-state index contributed by atoms with van der Waals surface area (Å²) in [7, 11) is 0. The summed E-state index contributed by atoms with van der Waals surface area (Å²) in [5.41, 5.74) is 1.60. The highest BCUT2D eigenvalue weighted by atomic mass is 32.1. The molecule has 2 unspecified atom stereocenters. The Morgan fingerprint density at radius 2 is 1.79 bits per heavy atom. The molecule has 0 aliphatic rings. The van der Waals surface area contributed by atoms with Crippen molar-refractivity contribution in [2.24, 2.45) is 0 Å². The molecule has 180 valence electrons. The number of benzene rings is 2. The van der Waals surface area contributed by atoms with Crippen LogP contribution in [0.2, 0.25) is 0 Å². The van der Waals surface area contributed by atoms with Crippen LogP contribution in [-0.2, 0) is 20.9 Å². The highest BCUT2D eigenvalue weighted by Gasteiger charge is 2.35. The summed E-state index contributed by atoms with van der Waals surface area (Å²) >= 11 is 4.20. The number of hydrogen-bond donors (Lipinski definition) is 3. The van der Waals surface area contributed by atoms with Crippen molar-refractivity contribution in [3.63, 3.8) is 0 Å². The predicted octanol–water partition coefficient (Wildman–Crippen LogP) is 3.59. The van der Waals surface area contributed by atoms with Crippen molar-refractivity contribution < 1.29 is 19.1 Å². The monoisotopic (exact) mass is 481 g/mol. The molecule has 0 fully saturated rings. The summed E-state index contributed by atoms with van der Waals surface area (Å²) < 4.78 is 5.24. The molecule has 2 aromatic carbocycles. The van der Waals surface area contributed by atoms with Crippen LogP contribution in [0.4, 0.5) is 4.79 Å². The highest BCUT2D eigenvalue weighted by Crippen LogP contribution is 2.23. The lowest BCUT2D eigenvalue weighted by molar-refractivity contribution is -0.138. The van der Waals surface area contributed by atoms with Gasteiger partial charge in [0.25, 0.3) is 5.91 Å². The first-order chi connectivity index (χ1) is 16.1. The van der Waals surface area contributed by atoms with Gasteiger partial charge in [0.05, 0.1) is 0 Å². The number of thiol groups is 1. The van der Waals surface area contributed by atoms with Gasteiger partial charge in [0.1, 0.15) is 17.7 Å². The average Bonchev–Trinajstić information content (AvgIpc) is 2.78. The number of ether oxygens (including phenoxy) is 1. The second kappa shape index (κ2) is 12.1. The van der Waals surface area contributed by atoms with Gasteiger partial charge in [0.2, 0.25) is 5.91 Å². The molecule has 0 bridgehead atoms. The largest absolute Gasteiger partial charge is 0.444 e. The first kappa shape index (κ1) is 26.8. The van der Waals surface area contributed by atoms with E-state index in [-0.39, 0.29) is 12.3 Å². The maximum atomic E-state index is 13.4. The summed E-state index contributed by atoms with van der Waals surface area (Å²) in [6, 6.07) is 16.7. The van der Waals surface area contributed by atoms with E-state index in [9.17, 15) is 14.4 Å². The Kier molecular flexibility index (Phi) is 9.58. The number of hydrogen-bond acceptors (Lipinski definition) is 5. The fourth-order valence-electron chi connectivity index (χ4n) is 3.21. The first-order valence-corrected chi connectivity index (χ1v) is 11.5.